The lowest BCUT2D eigenvalue weighted by molar-refractivity contribution is 0.0908. The number of allylic oxidation sites excluding steroid dienone is 2. The second-order valence-electron chi connectivity index (χ2n) is 4.02. The fourth-order valence-corrected chi connectivity index (χ4v) is 2.65. The maximum Gasteiger partial charge on any atom is 0.233 e. The van der Waals surface area contributed by atoms with Crippen molar-refractivity contribution in [2.75, 3.05) is 21.3 Å². The second kappa shape index (κ2) is 5.28. The SMILES string of the molecule is COC1=C(Br)C(=O)c2c(O)c(OC)c(OC)c(O)c2C1=O. The molecule has 0 aromatic heterocycles. The Morgan fingerprint density at radius 3 is 1.62 bits per heavy atom. The first-order valence-electron chi connectivity index (χ1n) is 5.63. The zero-order chi connectivity index (χ0) is 15.9. The Morgan fingerprint density at radius 1 is 0.810 bits per heavy atom. The molecule has 1 aliphatic rings. The minimum atomic E-state index is -0.757. The summed E-state index contributed by atoms with van der Waals surface area (Å²) in [5, 5.41) is 20.3. The summed E-state index contributed by atoms with van der Waals surface area (Å²) in [5.41, 5.74) is -0.766. The first-order valence-corrected chi connectivity index (χ1v) is 6.42. The van der Waals surface area contributed by atoms with Gasteiger partial charge in [-0.15, -0.1) is 0 Å². The predicted molar refractivity (Wildman–Crippen MR) is 74.5 cm³/mol. The van der Waals surface area contributed by atoms with Crippen molar-refractivity contribution in [1.29, 1.82) is 0 Å². The molecule has 21 heavy (non-hydrogen) atoms. The van der Waals surface area contributed by atoms with E-state index in [1.54, 1.807) is 0 Å². The maximum absolute atomic E-state index is 12.3. The molecule has 0 bridgehead atoms. The topological polar surface area (TPSA) is 102 Å². The van der Waals surface area contributed by atoms with Gasteiger partial charge < -0.3 is 24.4 Å². The molecule has 2 N–H and O–H groups in total. The fraction of sp³-hybridized carbons (Fsp3) is 0.231. The Hall–Kier alpha value is -2.22. The summed E-state index contributed by atoms with van der Waals surface area (Å²) in [7, 11) is 3.66. The van der Waals surface area contributed by atoms with Crippen LogP contribution in [-0.2, 0) is 4.74 Å². The molecule has 0 saturated heterocycles. The maximum atomic E-state index is 12.3. The van der Waals surface area contributed by atoms with Crippen molar-refractivity contribution in [2.45, 2.75) is 0 Å². The van der Waals surface area contributed by atoms with Gasteiger partial charge in [-0.25, -0.2) is 0 Å². The minimum Gasteiger partial charge on any atom is -0.504 e. The Morgan fingerprint density at radius 2 is 1.24 bits per heavy atom. The molecule has 1 aliphatic carbocycles. The molecule has 0 radical (unpaired) electrons. The van der Waals surface area contributed by atoms with Crippen LogP contribution >= 0.6 is 15.9 Å². The summed E-state index contributed by atoms with van der Waals surface area (Å²) in [6, 6.07) is 0. The standard InChI is InChI=1S/C13H11BrO7/c1-19-11-6(14)7(15)4-5(8(11)16)10(18)13(21-3)12(20-2)9(4)17/h17-18H,1-3H3. The number of carbonyl (C=O) groups is 2. The van der Waals surface area contributed by atoms with Crippen molar-refractivity contribution < 1.29 is 34.0 Å². The Kier molecular flexibility index (Phi) is 3.82. The highest BCUT2D eigenvalue weighted by Gasteiger charge is 2.40. The van der Waals surface area contributed by atoms with E-state index in [0.717, 1.165) is 0 Å². The number of hydrogen-bond donors (Lipinski definition) is 2. The number of carbonyl (C=O) groups excluding carboxylic acids is 2. The normalized spacial score (nSPS) is 14.1. The molecule has 0 heterocycles. The summed E-state index contributed by atoms with van der Waals surface area (Å²) in [4.78, 5) is 24.6. The number of benzene rings is 1. The molecule has 0 aliphatic heterocycles. The van der Waals surface area contributed by atoms with Crippen LogP contribution in [-0.4, -0.2) is 43.1 Å². The van der Waals surface area contributed by atoms with Gasteiger partial charge in [0.25, 0.3) is 0 Å². The van der Waals surface area contributed by atoms with Gasteiger partial charge in [-0.1, -0.05) is 0 Å². The Bertz CT molecular complexity index is 690. The number of ketones is 2. The fourth-order valence-electron chi connectivity index (χ4n) is 2.11. The zero-order valence-corrected chi connectivity index (χ0v) is 12.9. The number of methoxy groups -OCH3 is 3. The van der Waals surface area contributed by atoms with Crippen LogP contribution in [0.15, 0.2) is 10.2 Å². The van der Waals surface area contributed by atoms with Gasteiger partial charge in [0.1, 0.15) is 4.48 Å². The average Bonchev–Trinajstić information content (AvgIpc) is 2.46. The molecule has 0 unspecified atom stereocenters. The number of phenols is 2. The number of aromatic hydroxyl groups is 2. The lowest BCUT2D eigenvalue weighted by atomic mass is 9.90. The third-order valence-corrected chi connectivity index (χ3v) is 3.75. The quantitative estimate of drug-likeness (QED) is 0.793. The van der Waals surface area contributed by atoms with E-state index in [2.05, 4.69) is 15.9 Å². The molecule has 0 atom stereocenters. The Labute approximate surface area is 127 Å². The van der Waals surface area contributed by atoms with E-state index in [1.807, 2.05) is 0 Å². The molecule has 2 rings (SSSR count). The molecule has 8 heteroatoms. The van der Waals surface area contributed by atoms with Gasteiger partial charge in [0.05, 0.1) is 32.5 Å². The first kappa shape index (κ1) is 15.2. The van der Waals surface area contributed by atoms with Gasteiger partial charge in [0.2, 0.25) is 23.1 Å². The van der Waals surface area contributed by atoms with E-state index in [4.69, 9.17) is 14.2 Å². The lowest BCUT2D eigenvalue weighted by Gasteiger charge is -2.22. The van der Waals surface area contributed by atoms with Gasteiger partial charge in [-0.2, -0.15) is 0 Å². The third-order valence-electron chi connectivity index (χ3n) is 3.03. The van der Waals surface area contributed by atoms with Gasteiger partial charge in [0, 0.05) is 0 Å². The predicted octanol–water partition coefficient (Wildman–Crippen LogP) is 1.75. The van der Waals surface area contributed by atoms with Crippen LogP contribution in [0.3, 0.4) is 0 Å². The van der Waals surface area contributed by atoms with E-state index in [0.29, 0.717) is 0 Å². The van der Waals surface area contributed by atoms with Crippen LogP contribution in [0.2, 0.25) is 0 Å². The van der Waals surface area contributed by atoms with Crippen LogP contribution in [0.5, 0.6) is 23.0 Å². The zero-order valence-electron chi connectivity index (χ0n) is 11.3. The highest BCUT2D eigenvalue weighted by molar-refractivity contribution is 9.12. The van der Waals surface area contributed by atoms with Crippen LogP contribution in [0.1, 0.15) is 20.7 Å². The Balaban J connectivity index is 2.92. The van der Waals surface area contributed by atoms with E-state index < -0.39 is 28.6 Å². The van der Waals surface area contributed by atoms with E-state index in [-0.39, 0.29) is 27.3 Å². The summed E-state index contributed by atoms with van der Waals surface area (Å²) in [6.45, 7) is 0. The molecular formula is C13H11BrO7. The molecule has 7 nitrogen and oxygen atoms in total. The van der Waals surface area contributed by atoms with Gasteiger partial charge >= 0.3 is 0 Å². The van der Waals surface area contributed by atoms with Gasteiger partial charge in [-0.05, 0) is 15.9 Å². The first-order chi connectivity index (χ1) is 9.90. The molecule has 112 valence electrons. The number of phenolic OH excluding ortho intramolecular Hbond substituents is 2. The number of rotatable bonds is 3. The van der Waals surface area contributed by atoms with E-state index >= 15 is 0 Å². The van der Waals surface area contributed by atoms with Crippen LogP contribution in [0.25, 0.3) is 0 Å². The van der Waals surface area contributed by atoms with Crippen molar-refractivity contribution in [1.82, 2.24) is 0 Å². The van der Waals surface area contributed by atoms with Gasteiger partial charge in [-0.3, -0.25) is 9.59 Å². The van der Waals surface area contributed by atoms with Crippen LogP contribution in [0.4, 0.5) is 0 Å². The molecule has 0 fully saturated rings. The number of fused-ring (bicyclic) bond motifs is 1. The monoisotopic (exact) mass is 358 g/mol. The highest BCUT2D eigenvalue weighted by atomic mass is 79.9. The molecular weight excluding hydrogens is 348 g/mol. The number of halogens is 1. The summed E-state index contributed by atoms with van der Waals surface area (Å²) < 4.78 is 14.6. The number of Topliss-reactive ketones (excluding diaryl/α,β-unsaturated/α-hetero) is 2. The van der Waals surface area contributed by atoms with E-state index in [9.17, 15) is 19.8 Å². The summed E-state index contributed by atoms with van der Waals surface area (Å²) >= 11 is 2.95. The van der Waals surface area contributed by atoms with Crippen molar-refractivity contribution in [2.24, 2.45) is 0 Å². The lowest BCUT2D eigenvalue weighted by Crippen LogP contribution is -2.21. The smallest absolute Gasteiger partial charge is 0.233 e. The minimum absolute atomic E-state index is 0.149. The van der Waals surface area contributed by atoms with Crippen molar-refractivity contribution >= 4 is 27.5 Å². The molecule has 0 amide bonds. The molecule has 1 aromatic rings. The average molecular weight is 359 g/mol. The van der Waals surface area contributed by atoms with Crippen molar-refractivity contribution in [3.63, 3.8) is 0 Å². The molecule has 0 spiro atoms. The summed E-state index contributed by atoms with van der Waals surface area (Å²) in [5.74, 6) is -3.42. The molecule has 0 saturated carbocycles. The third kappa shape index (κ3) is 1.94. The second-order valence-corrected chi connectivity index (χ2v) is 4.81. The number of ether oxygens (including phenoxy) is 3. The van der Waals surface area contributed by atoms with Crippen molar-refractivity contribution in [3.05, 3.63) is 21.4 Å². The van der Waals surface area contributed by atoms with E-state index in [1.165, 1.54) is 21.3 Å². The van der Waals surface area contributed by atoms with Crippen LogP contribution in [0, 0.1) is 0 Å². The van der Waals surface area contributed by atoms with Crippen molar-refractivity contribution in [3.8, 4) is 23.0 Å². The van der Waals surface area contributed by atoms with Gasteiger partial charge in [0.15, 0.2) is 17.3 Å². The van der Waals surface area contributed by atoms with Crippen LogP contribution < -0.4 is 9.47 Å². The highest BCUT2D eigenvalue weighted by Crippen LogP contribution is 2.51. The molecule has 1 aromatic carbocycles. The summed E-state index contributed by atoms with van der Waals surface area (Å²) in [6.07, 6.45) is 0. The largest absolute Gasteiger partial charge is 0.504 e. The number of hydrogen-bond acceptors (Lipinski definition) is 7.